The van der Waals surface area contributed by atoms with Gasteiger partial charge in [-0.3, -0.25) is 4.79 Å². The number of benzene rings is 1. The fraction of sp³-hybridized carbons (Fsp3) is 0.385. The molecule has 1 fully saturated rings. The zero-order valence-corrected chi connectivity index (χ0v) is 10.1. The highest BCUT2D eigenvalue weighted by atomic mass is 19.1. The second-order valence-electron chi connectivity index (χ2n) is 4.23. The maximum Gasteiger partial charge on any atom is 0.410 e. The van der Waals surface area contributed by atoms with Crippen molar-refractivity contribution in [2.45, 2.75) is 18.9 Å². The third-order valence-electron chi connectivity index (χ3n) is 3.07. The van der Waals surface area contributed by atoms with Crippen molar-refractivity contribution in [2.75, 3.05) is 13.7 Å². The summed E-state index contributed by atoms with van der Waals surface area (Å²) in [6.45, 7) is 0.312. The van der Waals surface area contributed by atoms with Gasteiger partial charge in [-0.2, -0.15) is 0 Å². The molecule has 18 heavy (non-hydrogen) atoms. The monoisotopic (exact) mass is 251 g/mol. The van der Waals surface area contributed by atoms with Crippen LogP contribution in [0.1, 0.15) is 24.4 Å². The number of carbonyl (C=O) groups is 2. The second-order valence-corrected chi connectivity index (χ2v) is 4.23. The Bertz CT molecular complexity index is 475. The number of carbonyl (C=O) groups excluding carboxylic acids is 2. The van der Waals surface area contributed by atoms with E-state index in [9.17, 15) is 14.0 Å². The van der Waals surface area contributed by atoms with E-state index in [-0.39, 0.29) is 18.0 Å². The fourth-order valence-electron chi connectivity index (χ4n) is 2.18. The Balaban J connectivity index is 2.30. The summed E-state index contributed by atoms with van der Waals surface area (Å²) in [6.07, 6.45) is 0.0381. The van der Waals surface area contributed by atoms with E-state index in [2.05, 4.69) is 4.74 Å². The third-order valence-corrected chi connectivity index (χ3v) is 3.07. The Labute approximate surface area is 104 Å². The minimum Gasteiger partial charge on any atom is -0.453 e. The average molecular weight is 251 g/mol. The maximum absolute atomic E-state index is 13.2. The van der Waals surface area contributed by atoms with Crippen LogP contribution >= 0.6 is 0 Å². The van der Waals surface area contributed by atoms with Crippen molar-refractivity contribution in [1.82, 2.24) is 4.90 Å². The molecule has 1 unspecified atom stereocenters. The number of halogens is 1. The minimum absolute atomic E-state index is 0.0735. The van der Waals surface area contributed by atoms with Crippen molar-refractivity contribution in [1.29, 1.82) is 0 Å². The van der Waals surface area contributed by atoms with Crippen LogP contribution in [0.15, 0.2) is 24.3 Å². The smallest absolute Gasteiger partial charge is 0.410 e. The number of rotatable bonds is 1. The zero-order valence-electron chi connectivity index (χ0n) is 10.1. The van der Waals surface area contributed by atoms with Gasteiger partial charge < -0.3 is 9.64 Å². The summed E-state index contributed by atoms with van der Waals surface area (Å²) in [4.78, 5) is 24.6. The molecule has 1 atom stereocenters. The van der Waals surface area contributed by atoms with Crippen molar-refractivity contribution in [3.8, 4) is 0 Å². The van der Waals surface area contributed by atoms with Crippen LogP contribution in [0, 0.1) is 5.82 Å². The van der Waals surface area contributed by atoms with Gasteiger partial charge in [-0.25, -0.2) is 9.18 Å². The predicted octanol–water partition coefficient (Wildman–Crippen LogP) is 2.30. The number of likely N-dealkylation sites (tertiary alicyclic amines) is 1. The molecule has 1 saturated heterocycles. The van der Waals surface area contributed by atoms with Crippen molar-refractivity contribution in [3.63, 3.8) is 0 Å². The average Bonchev–Trinajstić information content (AvgIpc) is 2.38. The van der Waals surface area contributed by atoms with Crippen LogP contribution in [0.4, 0.5) is 9.18 Å². The summed E-state index contributed by atoms with van der Waals surface area (Å²) in [5.41, 5.74) is 0.619. The van der Waals surface area contributed by atoms with E-state index >= 15 is 0 Å². The number of amides is 1. The third kappa shape index (κ3) is 2.50. The molecule has 0 N–H and O–H groups in total. The number of ether oxygens (including phenoxy) is 1. The van der Waals surface area contributed by atoms with Gasteiger partial charge in [0.05, 0.1) is 13.2 Å². The number of hydrogen-bond donors (Lipinski definition) is 0. The first-order valence-corrected chi connectivity index (χ1v) is 5.73. The van der Waals surface area contributed by atoms with Crippen LogP contribution in [0.25, 0.3) is 0 Å². The van der Waals surface area contributed by atoms with E-state index in [0.29, 0.717) is 18.5 Å². The van der Waals surface area contributed by atoms with Crippen LogP contribution in [-0.4, -0.2) is 30.4 Å². The summed E-state index contributed by atoms with van der Waals surface area (Å²) in [5, 5.41) is 0. The SMILES string of the molecule is COC(=O)N1CCC(=O)CC1c1cccc(F)c1. The van der Waals surface area contributed by atoms with E-state index in [0.717, 1.165) is 0 Å². The first kappa shape index (κ1) is 12.5. The summed E-state index contributed by atoms with van der Waals surface area (Å²) < 4.78 is 17.9. The molecule has 0 aromatic heterocycles. The molecule has 1 aliphatic rings. The molecule has 1 aromatic carbocycles. The lowest BCUT2D eigenvalue weighted by Gasteiger charge is -2.34. The molecular formula is C13H14FNO3. The largest absolute Gasteiger partial charge is 0.453 e. The van der Waals surface area contributed by atoms with Gasteiger partial charge in [0.2, 0.25) is 0 Å². The van der Waals surface area contributed by atoms with Gasteiger partial charge in [-0.15, -0.1) is 0 Å². The summed E-state index contributed by atoms with van der Waals surface area (Å²) in [5.74, 6) is -0.306. The normalized spacial score (nSPS) is 19.8. The molecule has 0 spiro atoms. The van der Waals surface area contributed by atoms with Crippen LogP contribution in [0.5, 0.6) is 0 Å². The first-order chi connectivity index (χ1) is 8.61. The number of hydrogen-bond acceptors (Lipinski definition) is 3. The van der Waals surface area contributed by atoms with Crippen LogP contribution in [0.2, 0.25) is 0 Å². The van der Waals surface area contributed by atoms with Gasteiger partial charge in [0.25, 0.3) is 0 Å². The van der Waals surface area contributed by atoms with E-state index in [4.69, 9.17) is 0 Å². The highest BCUT2D eigenvalue weighted by Crippen LogP contribution is 2.30. The highest BCUT2D eigenvalue weighted by Gasteiger charge is 2.32. The molecule has 0 aliphatic carbocycles. The summed E-state index contributed by atoms with van der Waals surface area (Å²) >= 11 is 0. The van der Waals surface area contributed by atoms with E-state index < -0.39 is 12.1 Å². The topological polar surface area (TPSA) is 46.6 Å². The Morgan fingerprint density at radius 2 is 2.28 bits per heavy atom. The molecule has 1 amide bonds. The second kappa shape index (κ2) is 5.16. The zero-order chi connectivity index (χ0) is 13.1. The Kier molecular flexibility index (Phi) is 3.60. The lowest BCUT2D eigenvalue weighted by molar-refractivity contribution is -0.122. The molecule has 2 rings (SSSR count). The molecule has 0 bridgehead atoms. The lowest BCUT2D eigenvalue weighted by Crippen LogP contribution is -2.41. The van der Waals surface area contributed by atoms with E-state index in [1.807, 2.05) is 0 Å². The Morgan fingerprint density at radius 3 is 2.94 bits per heavy atom. The molecular weight excluding hydrogens is 237 g/mol. The molecule has 1 heterocycles. The molecule has 4 nitrogen and oxygen atoms in total. The fourth-order valence-corrected chi connectivity index (χ4v) is 2.18. The Hall–Kier alpha value is -1.91. The summed E-state index contributed by atoms with van der Waals surface area (Å²) in [7, 11) is 1.29. The number of methoxy groups -OCH3 is 1. The lowest BCUT2D eigenvalue weighted by atomic mass is 9.95. The van der Waals surface area contributed by atoms with Crippen molar-refractivity contribution in [2.24, 2.45) is 0 Å². The number of Topliss-reactive ketones (excluding diaryl/α,β-unsaturated/α-hetero) is 1. The summed E-state index contributed by atoms with van der Waals surface area (Å²) in [6, 6.07) is 5.52. The molecule has 5 heteroatoms. The van der Waals surface area contributed by atoms with Gasteiger partial charge in [-0.05, 0) is 17.7 Å². The minimum atomic E-state index is -0.489. The molecule has 0 radical (unpaired) electrons. The van der Waals surface area contributed by atoms with Crippen molar-refractivity contribution in [3.05, 3.63) is 35.6 Å². The predicted molar refractivity (Wildman–Crippen MR) is 62.5 cm³/mol. The Morgan fingerprint density at radius 1 is 1.50 bits per heavy atom. The molecule has 0 saturated carbocycles. The molecule has 96 valence electrons. The van der Waals surface area contributed by atoms with Crippen molar-refractivity contribution >= 4 is 11.9 Å². The standard InChI is InChI=1S/C13H14FNO3/c1-18-13(17)15-6-5-11(16)8-12(15)9-3-2-4-10(14)7-9/h2-4,7,12H,5-6,8H2,1H3. The van der Waals surface area contributed by atoms with E-state index in [1.165, 1.54) is 24.1 Å². The maximum atomic E-state index is 13.2. The molecule has 1 aromatic rings. The highest BCUT2D eigenvalue weighted by molar-refractivity contribution is 5.82. The van der Waals surface area contributed by atoms with Gasteiger partial charge >= 0.3 is 6.09 Å². The van der Waals surface area contributed by atoms with Crippen LogP contribution < -0.4 is 0 Å². The van der Waals surface area contributed by atoms with Crippen molar-refractivity contribution < 1.29 is 18.7 Å². The van der Waals surface area contributed by atoms with Gasteiger partial charge in [0.15, 0.2) is 0 Å². The first-order valence-electron chi connectivity index (χ1n) is 5.73. The van der Waals surface area contributed by atoms with E-state index in [1.54, 1.807) is 12.1 Å². The number of ketones is 1. The van der Waals surface area contributed by atoms with Gasteiger partial charge in [-0.1, -0.05) is 12.1 Å². The quantitative estimate of drug-likeness (QED) is 0.769. The molecule has 1 aliphatic heterocycles. The van der Waals surface area contributed by atoms with Gasteiger partial charge in [0.1, 0.15) is 11.6 Å². The van der Waals surface area contributed by atoms with Gasteiger partial charge in [0, 0.05) is 19.4 Å². The number of nitrogens with zero attached hydrogens (tertiary/aromatic N) is 1. The van der Waals surface area contributed by atoms with Crippen LogP contribution in [-0.2, 0) is 9.53 Å². The van der Waals surface area contributed by atoms with Crippen LogP contribution in [0.3, 0.4) is 0 Å². The number of piperidine rings is 1.